The topological polar surface area (TPSA) is 70.7 Å². The summed E-state index contributed by atoms with van der Waals surface area (Å²) in [7, 11) is 3.47. The molecule has 25 heavy (non-hydrogen) atoms. The Morgan fingerprint density at radius 3 is 2.52 bits per heavy atom. The fourth-order valence-corrected chi connectivity index (χ4v) is 3.35. The maximum absolute atomic E-state index is 12.8. The van der Waals surface area contributed by atoms with Gasteiger partial charge in [-0.3, -0.25) is 9.59 Å². The molecule has 0 heterocycles. The number of hydrogen-bond acceptors (Lipinski definition) is 4. The molecule has 138 valence electrons. The largest absolute Gasteiger partial charge is 0.495 e. The van der Waals surface area contributed by atoms with Crippen LogP contribution in [0, 0.1) is 0 Å². The number of nitrogens with zero attached hydrogens (tertiary/aromatic N) is 1. The van der Waals surface area contributed by atoms with Crippen molar-refractivity contribution in [2.75, 3.05) is 24.8 Å². The smallest absolute Gasteiger partial charge is 0.244 e. The standard InChI is InChI=1S/C19H29N3O3/c1-13(19(24)22(3)16-8-6-5-7-9-16)20-17-12-15(21-14(2)23)10-11-18(17)25-4/h10-13,16,20H,5-9H2,1-4H3,(H,21,23)/t13-/m1/s1. The second kappa shape index (κ2) is 8.74. The van der Waals surface area contributed by atoms with Gasteiger partial charge in [-0.15, -0.1) is 0 Å². The van der Waals surface area contributed by atoms with Crippen LogP contribution in [0.5, 0.6) is 5.75 Å². The highest BCUT2D eigenvalue weighted by Crippen LogP contribution is 2.29. The van der Waals surface area contributed by atoms with E-state index in [4.69, 9.17) is 4.74 Å². The van der Waals surface area contributed by atoms with Crippen molar-refractivity contribution in [2.45, 2.75) is 58.0 Å². The number of rotatable bonds is 6. The van der Waals surface area contributed by atoms with E-state index in [1.54, 1.807) is 25.3 Å². The number of carbonyl (C=O) groups is 2. The van der Waals surface area contributed by atoms with Crippen LogP contribution in [0.15, 0.2) is 18.2 Å². The molecule has 2 rings (SSSR count). The van der Waals surface area contributed by atoms with E-state index in [0.29, 0.717) is 23.2 Å². The molecule has 1 aromatic carbocycles. The molecular formula is C19H29N3O3. The number of anilines is 2. The van der Waals surface area contributed by atoms with E-state index in [0.717, 1.165) is 12.8 Å². The summed E-state index contributed by atoms with van der Waals surface area (Å²) >= 11 is 0. The Morgan fingerprint density at radius 2 is 1.92 bits per heavy atom. The van der Waals surface area contributed by atoms with Gasteiger partial charge in [-0.25, -0.2) is 0 Å². The SMILES string of the molecule is COc1ccc(NC(C)=O)cc1N[C@H](C)C(=O)N(C)C1CCCCC1. The molecule has 0 aliphatic heterocycles. The number of likely N-dealkylation sites (N-methyl/N-ethyl adjacent to an activating group) is 1. The van der Waals surface area contributed by atoms with Gasteiger partial charge in [0.25, 0.3) is 0 Å². The molecule has 0 radical (unpaired) electrons. The first-order valence-corrected chi connectivity index (χ1v) is 8.91. The first kappa shape index (κ1) is 19.1. The van der Waals surface area contributed by atoms with Crippen molar-refractivity contribution in [3.05, 3.63) is 18.2 Å². The van der Waals surface area contributed by atoms with Gasteiger partial charge in [-0.2, -0.15) is 0 Å². The van der Waals surface area contributed by atoms with Crippen LogP contribution in [-0.2, 0) is 9.59 Å². The quantitative estimate of drug-likeness (QED) is 0.829. The Labute approximate surface area is 149 Å². The van der Waals surface area contributed by atoms with Gasteiger partial charge in [0.05, 0.1) is 12.8 Å². The maximum atomic E-state index is 12.8. The van der Waals surface area contributed by atoms with Gasteiger partial charge in [0.1, 0.15) is 11.8 Å². The Morgan fingerprint density at radius 1 is 1.24 bits per heavy atom. The summed E-state index contributed by atoms with van der Waals surface area (Å²) in [5.41, 5.74) is 1.35. The molecular weight excluding hydrogens is 318 g/mol. The van der Waals surface area contributed by atoms with Gasteiger partial charge in [0.15, 0.2) is 0 Å². The lowest BCUT2D eigenvalue weighted by molar-refractivity contribution is -0.133. The van der Waals surface area contributed by atoms with Crippen molar-refractivity contribution in [2.24, 2.45) is 0 Å². The lowest BCUT2D eigenvalue weighted by atomic mass is 9.94. The third-order valence-electron chi connectivity index (χ3n) is 4.73. The Balaban J connectivity index is 2.08. The zero-order valence-electron chi connectivity index (χ0n) is 15.6. The normalized spacial score (nSPS) is 16.0. The molecule has 1 aliphatic rings. The van der Waals surface area contributed by atoms with E-state index in [-0.39, 0.29) is 17.9 Å². The van der Waals surface area contributed by atoms with E-state index in [9.17, 15) is 9.59 Å². The second-order valence-electron chi connectivity index (χ2n) is 6.70. The van der Waals surface area contributed by atoms with Crippen LogP contribution in [0.4, 0.5) is 11.4 Å². The van der Waals surface area contributed by atoms with Crippen LogP contribution in [0.2, 0.25) is 0 Å². The van der Waals surface area contributed by atoms with Crippen LogP contribution >= 0.6 is 0 Å². The van der Waals surface area contributed by atoms with Gasteiger partial charge in [-0.05, 0) is 38.0 Å². The molecule has 6 nitrogen and oxygen atoms in total. The number of benzene rings is 1. The summed E-state index contributed by atoms with van der Waals surface area (Å²) in [6.07, 6.45) is 5.80. The van der Waals surface area contributed by atoms with Gasteiger partial charge in [-0.1, -0.05) is 19.3 Å². The number of ether oxygens (including phenoxy) is 1. The molecule has 0 unspecified atom stereocenters. The van der Waals surface area contributed by atoms with E-state index >= 15 is 0 Å². The minimum Gasteiger partial charge on any atom is -0.495 e. The van der Waals surface area contributed by atoms with E-state index in [1.165, 1.54) is 26.2 Å². The third-order valence-corrected chi connectivity index (χ3v) is 4.73. The second-order valence-corrected chi connectivity index (χ2v) is 6.70. The van der Waals surface area contributed by atoms with Crippen molar-refractivity contribution >= 4 is 23.2 Å². The molecule has 0 saturated heterocycles. The predicted molar refractivity (Wildman–Crippen MR) is 100 cm³/mol. The van der Waals surface area contributed by atoms with Crippen molar-refractivity contribution in [1.82, 2.24) is 4.90 Å². The molecule has 1 fully saturated rings. The molecule has 0 bridgehead atoms. The first-order chi connectivity index (χ1) is 11.9. The summed E-state index contributed by atoms with van der Waals surface area (Å²) < 4.78 is 5.36. The van der Waals surface area contributed by atoms with Crippen molar-refractivity contribution in [3.8, 4) is 5.75 Å². The van der Waals surface area contributed by atoms with Crippen molar-refractivity contribution in [3.63, 3.8) is 0 Å². The minimum atomic E-state index is -0.381. The van der Waals surface area contributed by atoms with Gasteiger partial charge >= 0.3 is 0 Å². The Hall–Kier alpha value is -2.24. The molecule has 1 aromatic rings. The number of hydrogen-bond donors (Lipinski definition) is 2. The van der Waals surface area contributed by atoms with Crippen LogP contribution in [-0.4, -0.2) is 43.0 Å². The van der Waals surface area contributed by atoms with Crippen molar-refractivity contribution < 1.29 is 14.3 Å². The van der Waals surface area contributed by atoms with E-state index in [2.05, 4.69) is 10.6 Å². The lowest BCUT2D eigenvalue weighted by Gasteiger charge is -2.33. The first-order valence-electron chi connectivity index (χ1n) is 8.91. The van der Waals surface area contributed by atoms with Crippen molar-refractivity contribution in [1.29, 1.82) is 0 Å². The zero-order chi connectivity index (χ0) is 18.4. The molecule has 1 aliphatic carbocycles. The minimum absolute atomic E-state index is 0.0684. The average molecular weight is 347 g/mol. The van der Waals surface area contributed by atoms with Crippen LogP contribution in [0.25, 0.3) is 0 Å². The summed E-state index contributed by atoms with van der Waals surface area (Å²) in [6, 6.07) is 5.28. The molecule has 0 spiro atoms. The molecule has 0 aromatic heterocycles. The molecule has 2 N–H and O–H groups in total. The Kier molecular flexibility index (Phi) is 6.67. The maximum Gasteiger partial charge on any atom is 0.244 e. The van der Waals surface area contributed by atoms with Crippen LogP contribution in [0.1, 0.15) is 46.0 Å². The molecule has 1 atom stereocenters. The predicted octanol–water partition coefficient (Wildman–Crippen LogP) is 3.25. The lowest BCUT2D eigenvalue weighted by Crippen LogP contribution is -2.45. The highest BCUT2D eigenvalue weighted by molar-refractivity contribution is 5.90. The van der Waals surface area contributed by atoms with Crippen LogP contribution in [0.3, 0.4) is 0 Å². The molecule has 2 amide bonds. The average Bonchev–Trinajstić information content (AvgIpc) is 2.61. The van der Waals surface area contributed by atoms with Crippen LogP contribution < -0.4 is 15.4 Å². The number of amides is 2. The third kappa shape index (κ3) is 5.11. The number of methoxy groups -OCH3 is 1. The summed E-state index contributed by atoms with van der Waals surface area (Å²) in [5.74, 6) is 0.560. The van der Waals surface area contributed by atoms with E-state index in [1.807, 2.05) is 18.9 Å². The molecule has 1 saturated carbocycles. The fourth-order valence-electron chi connectivity index (χ4n) is 3.35. The summed E-state index contributed by atoms with van der Waals surface area (Å²) in [6.45, 7) is 3.31. The zero-order valence-corrected chi connectivity index (χ0v) is 15.6. The molecule has 6 heteroatoms. The number of nitrogens with one attached hydrogen (secondary N) is 2. The van der Waals surface area contributed by atoms with Gasteiger partial charge < -0.3 is 20.3 Å². The monoisotopic (exact) mass is 347 g/mol. The highest BCUT2D eigenvalue weighted by atomic mass is 16.5. The Bertz CT molecular complexity index is 612. The summed E-state index contributed by atoms with van der Waals surface area (Å²) in [5, 5.41) is 5.97. The highest BCUT2D eigenvalue weighted by Gasteiger charge is 2.26. The van der Waals surface area contributed by atoms with Gasteiger partial charge in [0, 0.05) is 25.7 Å². The summed E-state index contributed by atoms with van der Waals surface area (Å²) in [4.78, 5) is 25.9. The van der Waals surface area contributed by atoms with Gasteiger partial charge in [0.2, 0.25) is 11.8 Å². The fraction of sp³-hybridized carbons (Fsp3) is 0.579. The number of carbonyl (C=O) groups excluding carboxylic acids is 2. The van der Waals surface area contributed by atoms with E-state index < -0.39 is 0 Å².